The molecular formula is C22H21N3O3S. The number of fused-ring (bicyclic) bond motifs is 2. The number of furan rings is 1. The summed E-state index contributed by atoms with van der Waals surface area (Å²) >= 11 is 1.53. The van der Waals surface area contributed by atoms with Crippen LogP contribution in [0.15, 0.2) is 52.9 Å². The minimum absolute atomic E-state index is 0.00383. The Hall–Kier alpha value is -2.90. The lowest BCUT2D eigenvalue weighted by atomic mass is 9.96. The van der Waals surface area contributed by atoms with Gasteiger partial charge in [0.05, 0.1) is 16.8 Å². The molecule has 3 heterocycles. The molecule has 5 rings (SSSR count). The predicted octanol–water partition coefficient (Wildman–Crippen LogP) is 4.53. The zero-order valence-corrected chi connectivity index (χ0v) is 16.7. The van der Waals surface area contributed by atoms with Crippen molar-refractivity contribution in [2.45, 2.75) is 19.4 Å². The van der Waals surface area contributed by atoms with Gasteiger partial charge < -0.3 is 14.9 Å². The van der Waals surface area contributed by atoms with E-state index in [9.17, 15) is 4.79 Å². The molecule has 29 heavy (non-hydrogen) atoms. The first-order chi connectivity index (χ1) is 14.1. The van der Waals surface area contributed by atoms with Crippen molar-refractivity contribution < 1.29 is 13.9 Å². The number of para-hydroxylation sites is 1. The zero-order chi connectivity index (χ0) is 19.8. The Balaban J connectivity index is 1.29. The maximum atomic E-state index is 11.3. The summed E-state index contributed by atoms with van der Waals surface area (Å²) in [5, 5.41) is 1.64. The standard InChI is InChI=1S/C22H21N3O3S/c23-21(26)14-7-9-25(10-8-14)13-17-12-15-11-16(5-6-19(15)27-17)28-22-24-18-3-1-2-4-20(18)29-22/h1-6,11-12,14H,7-10,13H2,(H2,23,26). The number of rotatable bonds is 5. The maximum Gasteiger partial charge on any atom is 0.279 e. The number of thiazole rings is 1. The SMILES string of the molecule is NC(=O)C1CCN(Cc2cc3cc(Oc4nc5ccccc5s4)ccc3o2)CC1. The molecular weight excluding hydrogens is 386 g/mol. The van der Waals surface area contributed by atoms with Gasteiger partial charge >= 0.3 is 0 Å². The molecule has 7 heteroatoms. The molecule has 1 aliphatic rings. The highest BCUT2D eigenvalue weighted by Gasteiger charge is 2.23. The fourth-order valence-corrected chi connectivity index (χ4v) is 4.64. The van der Waals surface area contributed by atoms with E-state index in [0.29, 0.717) is 5.19 Å². The Bertz CT molecular complexity index is 1140. The highest BCUT2D eigenvalue weighted by molar-refractivity contribution is 7.20. The van der Waals surface area contributed by atoms with Crippen molar-refractivity contribution >= 4 is 38.4 Å². The molecule has 2 N–H and O–H groups in total. The molecule has 0 radical (unpaired) electrons. The van der Waals surface area contributed by atoms with Crippen molar-refractivity contribution in [2.24, 2.45) is 11.7 Å². The number of carbonyl (C=O) groups excluding carboxylic acids is 1. The van der Waals surface area contributed by atoms with Crippen molar-refractivity contribution in [3.8, 4) is 10.9 Å². The van der Waals surface area contributed by atoms with Crippen molar-refractivity contribution in [3.05, 3.63) is 54.3 Å². The molecule has 2 aromatic heterocycles. The Kier molecular flexibility index (Phi) is 4.69. The van der Waals surface area contributed by atoms with Crippen molar-refractivity contribution in [1.29, 1.82) is 0 Å². The molecule has 0 spiro atoms. The summed E-state index contributed by atoms with van der Waals surface area (Å²) in [7, 11) is 0. The highest BCUT2D eigenvalue weighted by atomic mass is 32.1. The first-order valence-electron chi connectivity index (χ1n) is 9.71. The highest BCUT2D eigenvalue weighted by Crippen LogP contribution is 2.33. The lowest BCUT2D eigenvalue weighted by Gasteiger charge is -2.29. The summed E-state index contributed by atoms with van der Waals surface area (Å²) in [6, 6.07) is 15.9. The number of hydrogen-bond donors (Lipinski definition) is 1. The first-order valence-corrected chi connectivity index (χ1v) is 10.5. The molecule has 0 aliphatic carbocycles. The molecule has 6 nitrogen and oxygen atoms in total. The molecule has 4 aromatic rings. The van der Waals surface area contributed by atoms with Crippen molar-refractivity contribution in [1.82, 2.24) is 9.88 Å². The number of likely N-dealkylation sites (tertiary alicyclic amines) is 1. The van der Waals surface area contributed by atoms with Gasteiger partial charge in [0, 0.05) is 11.3 Å². The van der Waals surface area contributed by atoms with Crippen LogP contribution in [0.2, 0.25) is 0 Å². The molecule has 2 aromatic carbocycles. The number of nitrogens with two attached hydrogens (primary N) is 1. The summed E-state index contributed by atoms with van der Waals surface area (Å²) in [6.07, 6.45) is 1.63. The summed E-state index contributed by atoms with van der Waals surface area (Å²) in [4.78, 5) is 18.1. The summed E-state index contributed by atoms with van der Waals surface area (Å²) < 4.78 is 13.1. The van der Waals surface area contributed by atoms with Gasteiger partial charge in [-0.1, -0.05) is 23.5 Å². The van der Waals surface area contributed by atoms with Crippen molar-refractivity contribution in [3.63, 3.8) is 0 Å². The van der Waals surface area contributed by atoms with Crippen LogP contribution in [0, 0.1) is 5.92 Å². The predicted molar refractivity (Wildman–Crippen MR) is 113 cm³/mol. The van der Waals surface area contributed by atoms with Gasteiger partial charge in [-0.15, -0.1) is 0 Å². The number of primary amides is 1. The normalized spacial score (nSPS) is 15.9. The third kappa shape index (κ3) is 3.83. The van der Waals surface area contributed by atoms with Gasteiger partial charge in [0.2, 0.25) is 5.91 Å². The molecule has 0 atom stereocenters. The lowest BCUT2D eigenvalue weighted by molar-refractivity contribution is -0.123. The molecule has 1 saturated heterocycles. The number of hydrogen-bond acceptors (Lipinski definition) is 6. The molecule has 148 valence electrons. The summed E-state index contributed by atoms with van der Waals surface area (Å²) in [6.45, 7) is 2.45. The van der Waals surface area contributed by atoms with E-state index in [0.717, 1.165) is 65.2 Å². The van der Waals surface area contributed by atoms with Crippen LogP contribution in [0.5, 0.6) is 10.9 Å². The van der Waals surface area contributed by atoms with Crippen LogP contribution in [0.4, 0.5) is 0 Å². The van der Waals surface area contributed by atoms with Crippen LogP contribution in [0.3, 0.4) is 0 Å². The second-order valence-corrected chi connectivity index (χ2v) is 8.41. The first kappa shape index (κ1) is 18.1. The number of nitrogens with zero attached hydrogens (tertiary/aromatic N) is 2. The Morgan fingerprint density at radius 1 is 1.21 bits per heavy atom. The van der Waals surface area contributed by atoms with Gasteiger partial charge in [-0.25, -0.2) is 4.98 Å². The Morgan fingerprint density at radius 2 is 2.03 bits per heavy atom. The third-order valence-corrected chi connectivity index (χ3v) is 6.30. The second kappa shape index (κ2) is 7.50. The Labute approximate surface area is 171 Å². The average Bonchev–Trinajstić information content (AvgIpc) is 3.30. The monoisotopic (exact) mass is 407 g/mol. The fourth-order valence-electron chi connectivity index (χ4n) is 3.81. The number of ether oxygens (including phenoxy) is 1. The zero-order valence-electron chi connectivity index (χ0n) is 15.8. The van der Waals surface area contributed by atoms with Gasteiger partial charge in [-0.05, 0) is 62.3 Å². The summed E-state index contributed by atoms with van der Waals surface area (Å²) in [5.74, 6) is 1.47. The maximum absolute atomic E-state index is 11.3. The average molecular weight is 407 g/mol. The van der Waals surface area contributed by atoms with E-state index in [4.69, 9.17) is 14.9 Å². The quantitative estimate of drug-likeness (QED) is 0.526. The molecule has 1 amide bonds. The lowest BCUT2D eigenvalue weighted by Crippen LogP contribution is -2.38. The smallest absolute Gasteiger partial charge is 0.279 e. The van der Waals surface area contributed by atoms with Crippen LogP contribution in [-0.4, -0.2) is 28.9 Å². The van der Waals surface area contributed by atoms with Crippen LogP contribution < -0.4 is 10.5 Å². The van der Waals surface area contributed by atoms with E-state index < -0.39 is 0 Å². The van der Waals surface area contributed by atoms with E-state index in [1.165, 1.54) is 11.3 Å². The van der Waals surface area contributed by atoms with Crippen LogP contribution in [-0.2, 0) is 11.3 Å². The van der Waals surface area contributed by atoms with E-state index in [2.05, 4.69) is 16.0 Å². The molecule has 0 saturated carbocycles. The minimum atomic E-state index is -0.186. The minimum Gasteiger partial charge on any atom is -0.460 e. The molecule has 0 bridgehead atoms. The van der Waals surface area contributed by atoms with Crippen LogP contribution in [0.25, 0.3) is 21.2 Å². The van der Waals surface area contributed by atoms with Gasteiger partial charge in [-0.3, -0.25) is 9.69 Å². The van der Waals surface area contributed by atoms with E-state index in [-0.39, 0.29) is 11.8 Å². The summed E-state index contributed by atoms with van der Waals surface area (Å²) in [5.41, 5.74) is 7.20. The van der Waals surface area contributed by atoms with Crippen molar-refractivity contribution in [2.75, 3.05) is 13.1 Å². The third-order valence-electron chi connectivity index (χ3n) is 5.39. The van der Waals surface area contributed by atoms with Gasteiger partial charge in [0.25, 0.3) is 5.19 Å². The number of amides is 1. The number of benzene rings is 2. The van der Waals surface area contributed by atoms with E-state index in [1.807, 2.05) is 42.5 Å². The van der Waals surface area contributed by atoms with Gasteiger partial charge in [-0.2, -0.15) is 0 Å². The van der Waals surface area contributed by atoms with E-state index >= 15 is 0 Å². The molecule has 1 aliphatic heterocycles. The Morgan fingerprint density at radius 3 is 2.83 bits per heavy atom. The topological polar surface area (TPSA) is 81.6 Å². The van der Waals surface area contributed by atoms with Gasteiger partial charge in [0.15, 0.2) is 0 Å². The van der Waals surface area contributed by atoms with Crippen LogP contribution in [0.1, 0.15) is 18.6 Å². The number of piperidine rings is 1. The van der Waals surface area contributed by atoms with E-state index in [1.54, 1.807) is 0 Å². The largest absolute Gasteiger partial charge is 0.460 e. The molecule has 1 fully saturated rings. The van der Waals surface area contributed by atoms with Crippen LogP contribution >= 0.6 is 11.3 Å². The fraction of sp³-hybridized carbons (Fsp3) is 0.273. The van der Waals surface area contributed by atoms with Gasteiger partial charge in [0.1, 0.15) is 17.1 Å². The number of carbonyl (C=O) groups is 1. The number of aromatic nitrogens is 1. The second-order valence-electron chi connectivity index (χ2n) is 7.41. The molecule has 0 unspecified atom stereocenters.